The molecule has 1 aromatic rings. The molecule has 4 rings (SSSR count). The highest BCUT2D eigenvalue weighted by molar-refractivity contribution is 5.89. The van der Waals surface area contributed by atoms with Gasteiger partial charge in [-0.1, -0.05) is 0 Å². The van der Waals surface area contributed by atoms with Crippen LogP contribution >= 0.6 is 0 Å². The highest BCUT2D eigenvalue weighted by Gasteiger charge is 2.69. The van der Waals surface area contributed by atoms with Crippen molar-refractivity contribution in [2.24, 2.45) is 0 Å². The Morgan fingerprint density at radius 2 is 1.76 bits per heavy atom. The molecule has 0 saturated carbocycles. The van der Waals surface area contributed by atoms with Crippen molar-refractivity contribution in [3.05, 3.63) is 39.9 Å². The summed E-state index contributed by atoms with van der Waals surface area (Å²) in [7, 11) is 0. The average molecular weight is 348 g/mol. The zero-order chi connectivity index (χ0) is 17.9. The lowest BCUT2D eigenvalue weighted by atomic mass is 10.0. The molecular weight excluding hydrogens is 328 g/mol. The molecule has 3 aliphatic rings. The van der Waals surface area contributed by atoms with Gasteiger partial charge in [-0.2, -0.15) is 0 Å². The number of esters is 1. The number of non-ortho nitro benzene ring substituents is 1. The lowest BCUT2D eigenvalue weighted by Gasteiger charge is -2.37. The van der Waals surface area contributed by atoms with Gasteiger partial charge in [0.1, 0.15) is 23.6 Å². The zero-order valence-corrected chi connectivity index (χ0v) is 14.2. The van der Waals surface area contributed by atoms with E-state index in [4.69, 9.17) is 14.2 Å². The Balaban J connectivity index is 1.48. The second-order valence-corrected chi connectivity index (χ2v) is 7.37. The number of hydrogen-bond acceptors (Lipinski definition) is 7. The van der Waals surface area contributed by atoms with Crippen LogP contribution < -0.4 is 0 Å². The van der Waals surface area contributed by atoms with Crippen molar-refractivity contribution in [2.75, 3.05) is 19.8 Å². The molecule has 1 aromatic carbocycles. The molecule has 8 nitrogen and oxygen atoms in total. The molecule has 3 aliphatic heterocycles. The first-order valence-corrected chi connectivity index (χ1v) is 8.28. The van der Waals surface area contributed by atoms with Crippen molar-refractivity contribution in [2.45, 2.75) is 43.7 Å². The fourth-order valence-corrected chi connectivity index (χ4v) is 4.37. The maximum atomic E-state index is 12.3. The third-order valence-corrected chi connectivity index (χ3v) is 5.56. The van der Waals surface area contributed by atoms with E-state index in [2.05, 4.69) is 4.90 Å². The fourth-order valence-electron chi connectivity index (χ4n) is 4.37. The summed E-state index contributed by atoms with van der Waals surface area (Å²) in [5, 5.41) is 10.7. The Morgan fingerprint density at radius 3 is 2.28 bits per heavy atom. The average Bonchev–Trinajstić information content (AvgIpc) is 3.17. The molecule has 0 aromatic heterocycles. The second-order valence-electron chi connectivity index (χ2n) is 7.37. The third-order valence-electron chi connectivity index (χ3n) is 5.56. The van der Waals surface area contributed by atoms with E-state index in [1.807, 2.05) is 13.8 Å². The van der Waals surface area contributed by atoms with E-state index in [0.717, 1.165) is 12.8 Å². The van der Waals surface area contributed by atoms with E-state index in [1.165, 1.54) is 24.3 Å². The predicted octanol–water partition coefficient (Wildman–Crippen LogP) is 2.08. The van der Waals surface area contributed by atoms with Crippen molar-refractivity contribution in [1.82, 2.24) is 4.90 Å². The van der Waals surface area contributed by atoms with Crippen molar-refractivity contribution < 1.29 is 23.9 Å². The minimum absolute atomic E-state index is 0.0628. The van der Waals surface area contributed by atoms with Gasteiger partial charge >= 0.3 is 5.97 Å². The maximum Gasteiger partial charge on any atom is 0.338 e. The molecule has 0 spiro atoms. The molecule has 0 N–H and O–H groups in total. The summed E-state index contributed by atoms with van der Waals surface area (Å²) >= 11 is 0. The molecule has 3 saturated heterocycles. The Bertz CT molecular complexity index is 713. The molecule has 0 radical (unpaired) electrons. The Kier molecular flexibility index (Phi) is 3.44. The van der Waals surface area contributed by atoms with Crippen LogP contribution in [0.5, 0.6) is 0 Å². The largest absolute Gasteiger partial charge is 0.460 e. The SMILES string of the molecule is CC12CCC3(C)OCC(COC(=O)c4ccc([N+](=O)[O-])cc4)(CO1)N23. The van der Waals surface area contributed by atoms with Gasteiger partial charge in [0.25, 0.3) is 5.69 Å². The van der Waals surface area contributed by atoms with Crippen LogP contribution in [0.2, 0.25) is 0 Å². The monoisotopic (exact) mass is 348 g/mol. The number of nitrogens with zero attached hydrogens (tertiary/aromatic N) is 2. The van der Waals surface area contributed by atoms with Crippen LogP contribution in [0.4, 0.5) is 5.69 Å². The lowest BCUT2D eigenvalue weighted by molar-refractivity contribution is -0.384. The molecule has 3 heterocycles. The lowest BCUT2D eigenvalue weighted by Crippen LogP contribution is -2.56. The first kappa shape index (κ1) is 16.4. The number of nitro benzene ring substituents is 1. The number of benzene rings is 1. The smallest absolute Gasteiger partial charge is 0.338 e. The minimum atomic E-state index is -0.509. The Labute approximate surface area is 144 Å². The van der Waals surface area contributed by atoms with Crippen molar-refractivity contribution >= 4 is 11.7 Å². The van der Waals surface area contributed by atoms with E-state index in [-0.39, 0.29) is 29.3 Å². The Hall–Kier alpha value is -2.03. The van der Waals surface area contributed by atoms with Crippen LogP contribution in [-0.4, -0.2) is 52.6 Å². The minimum Gasteiger partial charge on any atom is -0.460 e. The summed E-state index contributed by atoms with van der Waals surface area (Å²) in [6.07, 6.45) is 1.75. The maximum absolute atomic E-state index is 12.3. The molecule has 134 valence electrons. The first-order valence-electron chi connectivity index (χ1n) is 8.28. The molecule has 2 atom stereocenters. The number of hydrogen-bond donors (Lipinski definition) is 0. The Morgan fingerprint density at radius 1 is 1.20 bits per heavy atom. The first-order chi connectivity index (χ1) is 11.8. The van der Waals surface area contributed by atoms with E-state index in [0.29, 0.717) is 13.2 Å². The van der Waals surface area contributed by atoms with Crippen molar-refractivity contribution in [1.29, 1.82) is 0 Å². The molecule has 0 bridgehead atoms. The van der Waals surface area contributed by atoms with Gasteiger partial charge in [-0.05, 0) is 38.8 Å². The van der Waals surface area contributed by atoms with Gasteiger partial charge in [-0.3, -0.25) is 10.1 Å². The second kappa shape index (κ2) is 5.23. The standard InChI is InChI=1S/C17H20N2O6/c1-15-7-8-16(2)19(15)17(10-24-15,11-25-16)9-23-14(20)12-3-5-13(6-4-12)18(21)22/h3-6H,7-11H2,1-2H3. The van der Waals surface area contributed by atoms with Gasteiger partial charge in [-0.15, -0.1) is 0 Å². The van der Waals surface area contributed by atoms with Crippen LogP contribution in [0, 0.1) is 10.1 Å². The summed E-state index contributed by atoms with van der Waals surface area (Å²) in [6, 6.07) is 5.39. The summed E-state index contributed by atoms with van der Waals surface area (Å²) in [5.74, 6) is -0.509. The summed E-state index contributed by atoms with van der Waals surface area (Å²) in [5.41, 5.74) is -1.02. The summed E-state index contributed by atoms with van der Waals surface area (Å²) in [4.78, 5) is 24.7. The molecule has 2 unspecified atom stereocenters. The number of rotatable bonds is 4. The topological polar surface area (TPSA) is 91.1 Å². The quantitative estimate of drug-likeness (QED) is 0.467. The van der Waals surface area contributed by atoms with E-state index >= 15 is 0 Å². The van der Waals surface area contributed by atoms with E-state index in [1.54, 1.807) is 0 Å². The zero-order valence-electron chi connectivity index (χ0n) is 14.2. The number of carbonyl (C=O) groups is 1. The molecule has 8 heteroatoms. The van der Waals surface area contributed by atoms with Gasteiger partial charge in [0.05, 0.1) is 23.7 Å². The molecule has 3 fully saturated rings. The van der Waals surface area contributed by atoms with Gasteiger partial charge in [0.15, 0.2) is 0 Å². The summed E-state index contributed by atoms with van der Waals surface area (Å²) in [6.45, 7) is 5.16. The van der Waals surface area contributed by atoms with Gasteiger partial charge < -0.3 is 14.2 Å². The number of carbonyl (C=O) groups excluding carboxylic acids is 1. The van der Waals surface area contributed by atoms with Gasteiger partial charge in [-0.25, -0.2) is 9.69 Å². The van der Waals surface area contributed by atoms with E-state index < -0.39 is 16.4 Å². The van der Waals surface area contributed by atoms with Crippen molar-refractivity contribution in [3.8, 4) is 0 Å². The number of nitro groups is 1. The highest BCUT2D eigenvalue weighted by atomic mass is 16.6. The normalized spacial score (nSPS) is 36.4. The van der Waals surface area contributed by atoms with Crippen LogP contribution in [-0.2, 0) is 14.2 Å². The molecular formula is C17H20N2O6. The van der Waals surface area contributed by atoms with E-state index in [9.17, 15) is 14.9 Å². The number of ether oxygens (including phenoxy) is 3. The van der Waals surface area contributed by atoms with Gasteiger partial charge in [0, 0.05) is 12.1 Å². The van der Waals surface area contributed by atoms with Crippen LogP contribution in [0.15, 0.2) is 24.3 Å². The molecule has 0 amide bonds. The van der Waals surface area contributed by atoms with Crippen LogP contribution in [0.1, 0.15) is 37.0 Å². The van der Waals surface area contributed by atoms with Crippen LogP contribution in [0.25, 0.3) is 0 Å². The summed E-state index contributed by atoms with van der Waals surface area (Å²) < 4.78 is 17.6. The highest BCUT2D eigenvalue weighted by Crippen LogP contribution is 2.55. The van der Waals surface area contributed by atoms with Crippen LogP contribution in [0.3, 0.4) is 0 Å². The molecule has 25 heavy (non-hydrogen) atoms. The van der Waals surface area contributed by atoms with Crippen molar-refractivity contribution in [3.63, 3.8) is 0 Å². The third kappa shape index (κ3) is 2.36. The fraction of sp³-hybridized carbons (Fsp3) is 0.588. The van der Waals surface area contributed by atoms with Gasteiger partial charge in [0.2, 0.25) is 0 Å². The predicted molar refractivity (Wildman–Crippen MR) is 85.9 cm³/mol. The molecule has 0 aliphatic carbocycles.